The van der Waals surface area contributed by atoms with E-state index in [-0.39, 0.29) is 12.8 Å². The average molecular weight is 1300 g/mol. The Labute approximate surface area is 533 Å². The molecule has 4 heterocycles. The Bertz CT molecular complexity index is 1870. The Kier molecular flexibility index (Phi) is 40.0. The predicted molar refractivity (Wildman–Crippen MR) is 328 cm³/mol. The zero-order valence-electron chi connectivity index (χ0n) is 54.2. The van der Waals surface area contributed by atoms with Crippen LogP contribution in [0.2, 0.25) is 0 Å². The first-order valence-corrected chi connectivity index (χ1v) is 34.3. The van der Waals surface area contributed by atoms with Gasteiger partial charge in [0.05, 0.1) is 44.7 Å². The Morgan fingerprint density at radius 2 is 0.856 bits per heavy atom. The van der Waals surface area contributed by atoms with Crippen LogP contribution in [0.25, 0.3) is 0 Å². The number of carbonyl (C=O) groups is 2. The molecule has 0 spiro atoms. The standard InChI is InChI=1S/C64H120N2O24/c1-5-7-9-11-13-15-17-18-19-20-21-22-23-24-26-28-30-32-34-43(71)60(82)66-41(49(73)42(70)33-31-29-27-25-16-14-12-10-8-6-2)37-83-64-59(55(79)50(74)44(35-67)87-64)90-63-57(81)54(78)51(75)46(88-63)38-84-61-47(65-40(4)69)58(52(76)45(36-68)86-61)89-62-56(80)53(77)48(72)39(3)85-62/h39,41-59,61-64,67-68,70-81H,5-38H2,1-4H3,(H,65,69)(H,66,82)/t39-,41-,42+,43+,44+,45+,46+,47+,48-,49-,50-,51-,52-,53+,54-,55-,56+,57+,58+,59+,61+,62-,63+,64-/m0/s1. The van der Waals surface area contributed by atoms with E-state index >= 15 is 0 Å². The molecule has 0 aromatic heterocycles. The molecule has 4 fully saturated rings. The maximum Gasteiger partial charge on any atom is 0.249 e. The molecule has 530 valence electrons. The molecular formula is C64H120N2O24. The van der Waals surface area contributed by atoms with Crippen molar-refractivity contribution >= 4 is 11.8 Å². The second-order valence-electron chi connectivity index (χ2n) is 25.7. The van der Waals surface area contributed by atoms with Crippen molar-refractivity contribution < 1.29 is 119 Å². The van der Waals surface area contributed by atoms with Crippen LogP contribution in [0.3, 0.4) is 0 Å². The molecule has 0 aliphatic carbocycles. The molecule has 26 heteroatoms. The molecule has 4 saturated heterocycles. The van der Waals surface area contributed by atoms with Gasteiger partial charge in [-0.05, 0) is 19.8 Å². The van der Waals surface area contributed by atoms with Crippen molar-refractivity contribution in [1.82, 2.24) is 10.6 Å². The quantitative estimate of drug-likeness (QED) is 0.0386. The normalized spacial score (nSPS) is 33.8. The molecule has 26 nitrogen and oxygen atoms in total. The summed E-state index contributed by atoms with van der Waals surface area (Å²) in [6, 6.07) is -2.92. The SMILES string of the molecule is CCCCCCCCCCCCCCCCCCCC[C@@H](O)C(=O)N[C@@H](CO[C@H]1O[C@H](CO)[C@H](O)[C@H](O)[C@H]1O[C@H]1O[C@H](CO[C@@H]2O[C@H](CO)[C@H](O)[C@H](O[C@@H]3O[C@@H](C)[C@H](O)[C@@H](O)[C@H]3O)[C@H]2NC(C)=O)[C@H](O)[C@H](O)[C@H]1O)[C@H](O)[C@H](O)CCCCCCCCCCCC. The van der Waals surface area contributed by atoms with Gasteiger partial charge in [-0.3, -0.25) is 9.59 Å². The topological polar surface area (TPSA) is 415 Å². The van der Waals surface area contributed by atoms with Crippen molar-refractivity contribution in [3.63, 3.8) is 0 Å². The molecule has 4 aliphatic heterocycles. The molecule has 0 aromatic carbocycles. The van der Waals surface area contributed by atoms with Gasteiger partial charge < -0.3 is 120 Å². The summed E-state index contributed by atoms with van der Waals surface area (Å²) in [6.07, 6.45) is -5.93. The Morgan fingerprint density at radius 1 is 0.444 bits per heavy atom. The number of ether oxygens (including phenoxy) is 8. The lowest BCUT2D eigenvalue weighted by molar-refractivity contribution is -0.373. The van der Waals surface area contributed by atoms with Crippen molar-refractivity contribution in [1.29, 1.82) is 0 Å². The Morgan fingerprint density at radius 3 is 1.34 bits per heavy atom. The van der Waals surface area contributed by atoms with Gasteiger partial charge in [-0.2, -0.15) is 0 Å². The number of unbranched alkanes of at least 4 members (excludes halogenated alkanes) is 26. The zero-order valence-corrected chi connectivity index (χ0v) is 54.2. The molecule has 0 unspecified atom stereocenters. The molecule has 0 radical (unpaired) electrons. The van der Waals surface area contributed by atoms with Crippen LogP contribution in [0.1, 0.15) is 220 Å². The largest absolute Gasteiger partial charge is 0.394 e. The van der Waals surface area contributed by atoms with Gasteiger partial charge in [-0.1, -0.05) is 194 Å². The van der Waals surface area contributed by atoms with Gasteiger partial charge in [0.1, 0.15) is 104 Å². The Hall–Kier alpha value is -1.94. The minimum atomic E-state index is -2.10. The number of rotatable bonds is 47. The molecule has 4 rings (SSSR count). The molecule has 0 bridgehead atoms. The first-order valence-electron chi connectivity index (χ1n) is 34.3. The third kappa shape index (κ3) is 26.9. The lowest BCUT2D eigenvalue weighted by atomic mass is 9.95. The number of aliphatic hydroxyl groups is 14. The molecule has 16 N–H and O–H groups in total. The van der Waals surface area contributed by atoms with E-state index in [1.54, 1.807) is 0 Å². The van der Waals surface area contributed by atoms with Crippen LogP contribution in [0.5, 0.6) is 0 Å². The van der Waals surface area contributed by atoms with E-state index in [9.17, 15) is 81.1 Å². The number of nitrogens with one attached hydrogen (secondary N) is 2. The molecular weight excluding hydrogens is 1180 g/mol. The summed E-state index contributed by atoms with van der Waals surface area (Å²) in [7, 11) is 0. The van der Waals surface area contributed by atoms with Crippen LogP contribution >= 0.6 is 0 Å². The summed E-state index contributed by atoms with van der Waals surface area (Å²) in [4.78, 5) is 26.3. The number of aliphatic hydroxyl groups excluding tert-OH is 14. The van der Waals surface area contributed by atoms with Crippen LogP contribution in [0.4, 0.5) is 0 Å². The highest BCUT2D eigenvalue weighted by atomic mass is 16.8. The van der Waals surface area contributed by atoms with E-state index < -0.39 is 185 Å². The van der Waals surface area contributed by atoms with Crippen molar-refractivity contribution in [2.24, 2.45) is 0 Å². The fourth-order valence-corrected chi connectivity index (χ4v) is 12.2. The molecule has 0 aromatic rings. The highest BCUT2D eigenvalue weighted by Gasteiger charge is 2.54. The fraction of sp³-hybridized carbons (Fsp3) is 0.969. The maximum atomic E-state index is 13.7. The highest BCUT2D eigenvalue weighted by Crippen LogP contribution is 2.34. The van der Waals surface area contributed by atoms with Crippen molar-refractivity contribution in [3.05, 3.63) is 0 Å². The van der Waals surface area contributed by atoms with Crippen molar-refractivity contribution in [2.75, 3.05) is 26.4 Å². The smallest absolute Gasteiger partial charge is 0.249 e. The van der Waals surface area contributed by atoms with Gasteiger partial charge >= 0.3 is 0 Å². The van der Waals surface area contributed by atoms with Gasteiger partial charge in [0, 0.05) is 6.92 Å². The van der Waals surface area contributed by atoms with E-state index in [4.69, 9.17) is 37.9 Å². The van der Waals surface area contributed by atoms with Gasteiger partial charge in [0.15, 0.2) is 25.2 Å². The Balaban J connectivity index is 1.41. The number of amides is 2. The minimum Gasteiger partial charge on any atom is -0.394 e. The van der Waals surface area contributed by atoms with E-state index in [2.05, 4.69) is 24.5 Å². The second kappa shape index (κ2) is 44.7. The monoisotopic (exact) mass is 1300 g/mol. The van der Waals surface area contributed by atoms with E-state index in [1.807, 2.05) is 0 Å². The fourth-order valence-electron chi connectivity index (χ4n) is 12.2. The van der Waals surface area contributed by atoms with Crippen LogP contribution < -0.4 is 10.6 Å². The van der Waals surface area contributed by atoms with Gasteiger partial charge in [0.25, 0.3) is 0 Å². The average Bonchev–Trinajstić information content (AvgIpc) is 0.943. The predicted octanol–water partition coefficient (Wildman–Crippen LogP) is 1.76. The van der Waals surface area contributed by atoms with Crippen molar-refractivity contribution in [2.45, 2.75) is 367 Å². The van der Waals surface area contributed by atoms with Crippen LogP contribution in [0.15, 0.2) is 0 Å². The highest BCUT2D eigenvalue weighted by molar-refractivity contribution is 5.80. The summed E-state index contributed by atoms with van der Waals surface area (Å²) < 4.78 is 47.1. The summed E-state index contributed by atoms with van der Waals surface area (Å²) in [5.41, 5.74) is 0. The van der Waals surface area contributed by atoms with Crippen LogP contribution in [0, 0.1) is 0 Å². The van der Waals surface area contributed by atoms with E-state index in [1.165, 1.54) is 116 Å². The second-order valence-corrected chi connectivity index (χ2v) is 25.7. The summed E-state index contributed by atoms with van der Waals surface area (Å²) >= 11 is 0. The molecule has 4 aliphatic rings. The van der Waals surface area contributed by atoms with Gasteiger partial charge in [-0.25, -0.2) is 0 Å². The first-order chi connectivity index (χ1) is 43.2. The summed E-state index contributed by atoms with van der Waals surface area (Å²) in [6.45, 7) is 3.75. The number of hydrogen-bond donors (Lipinski definition) is 16. The first kappa shape index (κ1) is 80.5. The molecule has 24 atom stereocenters. The third-order valence-electron chi connectivity index (χ3n) is 18.1. The summed E-state index contributed by atoms with van der Waals surface area (Å²) in [5.74, 6) is -1.56. The lowest BCUT2D eigenvalue weighted by Gasteiger charge is -2.48. The third-order valence-corrected chi connectivity index (χ3v) is 18.1. The molecule has 2 amide bonds. The van der Waals surface area contributed by atoms with Crippen molar-refractivity contribution in [3.8, 4) is 0 Å². The molecule has 0 saturated carbocycles. The van der Waals surface area contributed by atoms with Gasteiger partial charge in [0.2, 0.25) is 11.8 Å². The number of carbonyl (C=O) groups excluding carboxylic acids is 2. The van der Waals surface area contributed by atoms with Gasteiger partial charge in [-0.15, -0.1) is 0 Å². The van der Waals surface area contributed by atoms with E-state index in [0.717, 1.165) is 64.7 Å². The maximum absolute atomic E-state index is 13.7. The van der Waals surface area contributed by atoms with Crippen LogP contribution in [-0.2, 0) is 47.5 Å². The van der Waals surface area contributed by atoms with Crippen LogP contribution in [-0.4, -0.2) is 257 Å². The minimum absolute atomic E-state index is 0.124. The lowest BCUT2D eigenvalue weighted by Crippen LogP contribution is -2.68. The number of hydrogen-bond acceptors (Lipinski definition) is 24. The zero-order chi connectivity index (χ0) is 66.1. The van der Waals surface area contributed by atoms with E-state index in [0.29, 0.717) is 12.8 Å². The molecule has 90 heavy (non-hydrogen) atoms. The summed E-state index contributed by atoms with van der Waals surface area (Å²) in [5, 5.41) is 159.